The molecule has 186 valence electrons. The van der Waals surface area contributed by atoms with Crippen LogP contribution in [0.15, 0.2) is 82.7 Å². The molecule has 1 amide bonds. The van der Waals surface area contributed by atoms with E-state index in [-0.39, 0.29) is 11.4 Å². The molecule has 0 aromatic heterocycles. The molecule has 37 heavy (non-hydrogen) atoms. The Balaban J connectivity index is 1.45. The van der Waals surface area contributed by atoms with Gasteiger partial charge in [-0.25, -0.2) is 0 Å². The third-order valence-electron chi connectivity index (χ3n) is 5.79. The van der Waals surface area contributed by atoms with E-state index in [1.807, 2.05) is 67.8 Å². The average molecular weight is 530 g/mol. The van der Waals surface area contributed by atoms with Crippen molar-refractivity contribution in [2.45, 2.75) is 20.5 Å². The van der Waals surface area contributed by atoms with Crippen molar-refractivity contribution in [1.82, 2.24) is 4.90 Å². The maximum atomic E-state index is 12.9. The number of fused-ring (bicyclic) bond motifs is 1. The Morgan fingerprint density at radius 1 is 1.08 bits per heavy atom. The summed E-state index contributed by atoms with van der Waals surface area (Å²) in [6, 6.07) is 21.3. The van der Waals surface area contributed by atoms with Crippen molar-refractivity contribution in [3.63, 3.8) is 0 Å². The van der Waals surface area contributed by atoms with E-state index in [9.17, 15) is 4.79 Å². The summed E-state index contributed by atoms with van der Waals surface area (Å²) in [5.41, 5.74) is 4.69. The first kappa shape index (κ1) is 24.9. The fourth-order valence-electron chi connectivity index (χ4n) is 4.11. The SMILES string of the molecule is CCOc1cc(/C=C2\C(=N)N3C(c4ccccc4)=CSC3=NC2=O)cc(Cl)c1OCc1cccc(C)c1. The lowest BCUT2D eigenvalue weighted by Crippen LogP contribution is -2.38. The number of carbonyl (C=O) groups is 1. The minimum absolute atomic E-state index is 0.0592. The lowest BCUT2D eigenvalue weighted by Gasteiger charge is -2.27. The largest absolute Gasteiger partial charge is 0.490 e. The van der Waals surface area contributed by atoms with Gasteiger partial charge in [-0.2, -0.15) is 4.99 Å². The van der Waals surface area contributed by atoms with Crippen molar-refractivity contribution < 1.29 is 14.3 Å². The van der Waals surface area contributed by atoms with Gasteiger partial charge in [-0.3, -0.25) is 15.1 Å². The fraction of sp³-hybridized carbons (Fsp3) is 0.138. The molecule has 0 fully saturated rings. The quantitative estimate of drug-likeness (QED) is 0.336. The van der Waals surface area contributed by atoms with Gasteiger partial charge in [0.1, 0.15) is 12.4 Å². The maximum Gasteiger partial charge on any atom is 0.283 e. The van der Waals surface area contributed by atoms with Gasteiger partial charge in [0.2, 0.25) is 0 Å². The van der Waals surface area contributed by atoms with Crippen molar-refractivity contribution in [3.8, 4) is 11.5 Å². The second-order valence-electron chi connectivity index (χ2n) is 8.47. The number of hydrogen-bond acceptors (Lipinski definition) is 5. The minimum atomic E-state index is -0.472. The molecule has 0 aliphatic carbocycles. The second kappa shape index (κ2) is 10.7. The molecule has 5 rings (SSSR count). The standard InChI is InChI=1S/C29H24ClN3O3S/c1-3-35-25-15-20(14-23(30)26(25)36-16-19-9-7-8-18(2)12-19)13-22-27(31)33-24(21-10-5-4-6-11-21)17-37-29(33)32-28(22)34/h4-15,17,31H,3,16H2,1-2H3/b22-13+,31-27?. The number of aryl methyl sites for hydroxylation is 1. The van der Waals surface area contributed by atoms with Gasteiger partial charge in [-0.05, 0) is 48.7 Å². The number of amidine groups is 2. The molecule has 0 atom stereocenters. The lowest BCUT2D eigenvalue weighted by molar-refractivity contribution is -0.114. The van der Waals surface area contributed by atoms with E-state index in [1.165, 1.54) is 11.8 Å². The average Bonchev–Trinajstić information content (AvgIpc) is 3.31. The van der Waals surface area contributed by atoms with Crippen LogP contribution in [0.4, 0.5) is 0 Å². The first-order valence-electron chi connectivity index (χ1n) is 11.8. The molecule has 0 bridgehead atoms. The monoisotopic (exact) mass is 529 g/mol. The molecule has 2 heterocycles. The van der Waals surface area contributed by atoms with Crippen LogP contribution in [0.2, 0.25) is 5.02 Å². The summed E-state index contributed by atoms with van der Waals surface area (Å²) in [4.78, 5) is 18.8. The number of halogens is 1. The first-order chi connectivity index (χ1) is 17.9. The van der Waals surface area contributed by atoms with Crippen molar-refractivity contribution in [3.05, 3.63) is 105 Å². The third kappa shape index (κ3) is 5.19. The molecule has 0 saturated heterocycles. The number of thioether (sulfide) groups is 1. The lowest BCUT2D eigenvalue weighted by atomic mass is 10.1. The minimum Gasteiger partial charge on any atom is -0.490 e. The highest BCUT2D eigenvalue weighted by Gasteiger charge is 2.36. The number of amides is 1. The molecule has 0 unspecified atom stereocenters. The van der Waals surface area contributed by atoms with Crippen LogP contribution in [-0.4, -0.2) is 28.4 Å². The summed E-state index contributed by atoms with van der Waals surface area (Å²) in [6.45, 7) is 4.66. The van der Waals surface area contributed by atoms with Crippen LogP contribution in [0.5, 0.6) is 11.5 Å². The number of benzene rings is 3. The second-order valence-corrected chi connectivity index (χ2v) is 9.71. The topological polar surface area (TPSA) is 75.0 Å². The predicted molar refractivity (Wildman–Crippen MR) is 150 cm³/mol. The highest BCUT2D eigenvalue weighted by atomic mass is 35.5. The van der Waals surface area contributed by atoms with Gasteiger partial charge in [0.15, 0.2) is 16.7 Å². The van der Waals surface area contributed by atoms with E-state index >= 15 is 0 Å². The van der Waals surface area contributed by atoms with Gasteiger partial charge < -0.3 is 9.47 Å². The van der Waals surface area contributed by atoms with Crippen molar-refractivity contribution in [1.29, 1.82) is 5.41 Å². The van der Waals surface area contributed by atoms with Crippen LogP contribution >= 0.6 is 23.4 Å². The number of nitrogens with zero attached hydrogens (tertiary/aromatic N) is 2. The summed E-state index contributed by atoms with van der Waals surface area (Å²) in [5, 5.41) is 11.6. The Hall–Kier alpha value is -3.81. The van der Waals surface area contributed by atoms with Gasteiger partial charge in [0, 0.05) is 5.41 Å². The highest BCUT2D eigenvalue weighted by molar-refractivity contribution is 8.17. The van der Waals surface area contributed by atoms with Crippen LogP contribution in [0, 0.1) is 12.3 Å². The van der Waals surface area contributed by atoms with E-state index in [1.54, 1.807) is 23.1 Å². The van der Waals surface area contributed by atoms with Crippen LogP contribution in [-0.2, 0) is 11.4 Å². The Labute approximate surface area is 224 Å². The number of nitrogens with one attached hydrogen (secondary N) is 1. The Bertz CT molecular complexity index is 1480. The molecule has 3 aromatic rings. The van der Waals surface area contributed by atoms with Crippen LogP contribution in [0.25, 0.3) is 11.8 Å². The predicted octanol–water partition coefficient (Wildman–Crippen LogP) is 6.93. The fourth-order valence-corrected chi connectivity index (χ4v) is 5.28. The molecular weight excluding hydrogens is 506 g/mol. The van der Waals surface area contributed by atoms with Crippen molar-refractivity contribution in [2.75, 3.05) is 6.61 Å². The smallest absolute Gasteiger partial charge is 0.283 e. The van der Waals surface area contributed by atoms with Gasteiger partial charge >= 0.3 is 0 Å². The van der Waals surface area contributed by atoms with E-state index in [0.717, 1.165) is 22.4 Å². The van der Waals surface area contributed by atoms with Gasteiger partial charge in [0.25, 0.3) is 5.91 Å². The molecule has 2 aliphatic rings. The number of hydrogen-bond donors (Lipinski definition) is 1. The number of rotatable bonds is 7. The molecule has 8 heteroatoms. The maximum absolute atomic E-state index is 12.9. The molecule has 0 spiro atoms. The molecule has 0 radical (unpaired) electrons. The van der Waals surface area contributed by atoms with Gasteiger partial charge in [-0.15, -0.1) is 0 Å². The Kier molecular flexibility index (Phi) is 7.17. The van der Waals surface area contributed by atoms with Gasteiger partial charge in [0.05, 0.1) is 22.9 Å². The summed E-state index contributed by atoms with van der Waals surface area (Å²) < 4.78 is 11.9. The number of ether oxygens (including phenoxy) is 2. The molecule has 6 nitrogen and oxygen atoms in total. The Morgan fingerprint density at radius 2 is 1.89 bits per heavy atom. The van der Waals surface area contributed by atoms with Crippen LogP contribution < -0.4 is 9.47 Å². The Morgan fingerprint density at radius 3 is 2.65 bits per heavy atom. The van der Waals surface area contributed by atoms with Crippen LogP contribution in [0.3, 0.4) is 0 Å². The summed E-state index contributed by atoms with van der Waals surface area (Å²) in [6.07, 6.45) is 1.62. The number of aliphatic imine (C=N–C) groups is 1. The van der Waals surface area contributed by atoms with Crippen molar-refractivity contribution in [2.24, 2.45) is 4.99 Å². The molecule has 0 saturated carbocycles. The molecule has 3 aromatic carbocycles. The summed E-state index contributed by atoms with van der Waals surface area (Å²) in [5.74, 6) is 0.488. The van der Waals surface area contributed by atoms with E-state index < -0.39 is 5.91 Å². The van der Waals surface area contributed by atoms with E-state index in [2.05, 4.69) is 11.1 Å². The van der Waals surface area contributed by atoms with Crippen molar-refractivity contribution >= 4 is 52.0 Å². The van der Waals surface area contributed by atoms with E-state index in [0.29, 0.717) is 40.5 Å². The summed E-state index contributed by atoms with van der Waals surface area (Å²) >= 11 is 7.96. The number of carbonyl (C=O) groups excluding carboxylic acids is 1. The zero-order valence-electron chi connectivity index (χ0n) is 20.3. The summed E-state index contributed by atoms with van der Waals surface area (Å²) in [7, 11) is 0. The third-order valence-corrected chi connectivity index (χ3v) is 6.90. The zero-order valence-corrected chi connectivity index (χ0v) is 21.9. The first-order valence-corrected chi connectivity index (χ1v) is 13.0. The highest BCUT2D eigenvalue weighted by Crippen LogP contribution is 2.40. The molecule has 1 N–H and O–H groups in total. The molecule has 2 aliphatic heterocycles. The van der Waals surface area contributed by atoms with E-state index in [4.69, 9.17) is 26.5 Å². The normalized spacial score (nSPS) is 16.0. The zero-order chi connectivity index (χ0) is 25.9. The van der Waals surface area contributed by atoms with Crippen LogP contribution in [0.1, 0.15) is 29.2 Å². The molecular formula is C29H24ClN3O3S. The van der Waals surface area contributed by atoms with Gasteiger partial charge in [-0.1, -0.05) is 83.5 Å².